The number of aliphatic carboxylic acids is 2. The summed E-state index contributed by atoms with van der Waals surface area (Å²) < 4.78 is 39.1. The van der Waals surface area contributed by atoms with Gasteiger partial charge in [-0.3, -0.25) is 29.4 Å². The SMILES string of the molecule is C#CCON=C(C(=O)NC1C(=O)N2C(C(=O)O)=C(CSc3nnnn3CCC(=O)O)CS[C@H]12)c1csc(NC(=O)C(F)(F)F)n1. The molecule has 0 aliphatic carbocycles. The van der Waals surface area contributed by atoms with Gasteiger partial charge >= 0.3 is 24.0 Å². The number of carboxylic acids is 2. The predicted octanol–water partition coefficient (Wildman–Crippen LogP) is -0.0101. The van der Waals surface area contributed by atoms with Gasteiger partial charge < -0.3 is 20.4 Å². The zero-order chi connectivity index (χ0) is 32.9. The lowest BCUT2D eigenvalue weighted by atomic mass is 10.0. The Bertz CT molecular complexity index is 1630. The van der Waals surface area contributed by atoms with Gasteiger partial charge in [-0.15, -0.1) is 34.6 Å². The summed E-state index contributed by atoms with van der Waals surface area (Å²) in [5.74, 6) is -4.29. The smallest absolute Gasteiger partial charge is 0.471 e. The highest BCUT2D eigenvalue weighted by atomic mass is 32.2. The Morgan fingerprint density at radius 3 is 2.71 bits per heavy atom. The molecule has 238 valence electrons. The molecule has 4 heterocycles. The van der Waals surface area contributed by atoms with Gasteiger partial charge in [-0.25, -0.2) is 14.5 Å². The standard InChI is InChI=1S/C22H18F3N9O8S3/c1-2-5-42-30-12(10-8-44-20(26-10)28-19(41)22(23,24)25)15(37)27-13-16(38)34-14(18(39)40)9(6-43-17(13)34)7-45-21-29-31-32-33(21)4-3-11(35)36/h1,8,13,17H,3-7H2,(H,27,37)(H,35,36)(H,39,40)(H,26,28,41)/t13?,17-/m1/s1. The van der Waals surface area contributed by atoms with E-state index in [4.69, 9.17) is 16.4 Å². The van der Waals surface area contributed by atoms with Crippen LogP contribution < -0.4 is 10.6 Å². The van der Waals surface area contributed by atoms with E-state index in [9.17, 15) is 42.3 Å². The van der Waals surface area contributed by atoms with Gasteiger partial charge in [0.25, 0.3) is 11.8 Å². The van der Waals surface area contributed by atoms with Crippen molar-refractivity contribution in [3.63, 3.8) is 0 Å². The summed E-state index contributed by atoms with van der Waals surface area (Å²) in [5, 5.41) is 37.4. The number of oxime groups is 1. The third-order valence-electron chi connectivity index (χ3n) is 5.69. The second kappa shape index (κ2) is 13.9. The summed E-state index contributed by atoms with van der Waals surface area (Å²) in [5.41, 5.74) is -0.835. The van der Waals surface area contributed by atoms with Gasteiger partial charge in [-0.05, 0) is 16.0 Å². The van der Waals surface area contributed by atoms with E-state index in [-0.39, 0.29) is 41.0 Å². The monoisotopic (exact) mass is 689 g/mol. The lowest BCUT2D eigenvalue weighted by molar-refractivity contribution is -0.167. The van der Waals surface area contributed by atoms with Gasteiger partial charge in [0.05, 0.1) is 13.0 Å². The highest BCUT2D eigenvalue weighted by molar-refractivity contribution is 8.01. The van der Waals surface area contributed by atoms with Crippen LogP contribution in [0.2, 0.25) is 0 Å². The number of thioether (sulfide) groups is 2. The second-order valence-corrected chi connectivity index (χ2v) is 11.5. The number of halogens is 3. The zero-order valence-corrected chi connectivity index (χ0v) is 24.6. The fourth-order valence-corrected chi connectivity index (χ4v) is 6.82. The number of aromatic nitrogens is 5. The number of alkyl halides is 3. The lowest BCUT2D eigenvalue weighted by Crippen LogP contribution is -2.71. The number of carbonyl (C=O) groups is 5. The number of aryl methyl sites for hydroxylation is 1. The highest BCUT2D eigenvalue weighted by Crippen LogP contribution is 2.41. The Labute approximate surface area is 261 Å². The number of carbonyl (C=O) groups excluding carboxylic acids is 3. The number of terminal acetylenes is 1. The van der Waals surface area contributed by atoms with E-state index < -0.39 is 64.7 Å². The van der Waals surface area contributed by atoms with E-state index >= 15 is 0 Å². The van der Waals surface area contributed by atoms with Crippen molar-refractivity contribution in [2.45, 2.75) is 35.7 Å². The average Bonchev–Trinajstić information content (AvgIpc) is 3.63. The molecule has 0 radical (unpaired) electrons. The van der Waals surface area contributed by atoms with E-state index in [1.807, 2.05) is 0 Å². The van der Waals surface area contributed by atoms with Crippen LogP contribution in [0.25, 0.3) is 0 Å². The molecule has 1 fully saturated rings. The lowest BCUT2D eigenvalue weighted by Gasteiger charge is -2.49. The van der Waals surface area contributed by atoms with Gasteiger partial charge in [0.2, 0.25) is 5.16 Å². The molecule has 4 rings (SSSR count). The van der Waals surface area contributed by atoms with Crippen LogP contribution in [0, 0.1) is 12.3 Å². The van der Waals surface area contributed by atoms with Gasteiger partial charge in [-0.1, -0.05) is 22.8 Å². The molecule has 0 spiro atoms. The molecule has 2 aliphatic rings. The minimum Gasteiger partial charge on any atom is -0.481 e. The first-order valence-electron chi connectivity index (χ1n) is 12.1. The number of hydrogen-bond acceptors (Lipinski definition) is 14. The van der Waals surface area contributed by atoms with E-state index in [2.05, 4.69) is 36.9 Å². The average molecular weight is 690 g/mol. The summed E-state index contributed by atoms with van der Waals surface area (Å²) in [4.78, 5) is 70.1. The van der Waals surface area contributed by atoms with Crippen molar-refractivity contribution in [1.29, 1.82) is 0 Å². The zero-order valence-electron chi connectivity index (χ0n) is 22.2. The largest absolute Gasteiger partial charge is 0.481 e. The number of fused-ring (bicyclic) bond motifs is 1. The summed E-state index contributed by atoms with van der Waals surface area (Å²) in [6, 6.07) is -1.23. The number of β-lactam (4-membered cyclic amide) rings is 1. The highest BCUT2D eigenvalue weighted by Gasteiger charge is 2.54. The number of nitrogens with zero attached hydrogens (tertiary/aromatic N) is 7. The van der Waals surface area contributed by atoms with Crippen LogP contribution in [0.5, 0.6) is 0 Å². The number of nitrogens with one attached hydrogen (secondary N) is 2. The fraction of sp³-hybridized carbons (Fsp3) is 0.364. The van der Waals surface area contributed by atoms with Crippen molar-refractivity contribution in [2.24, 2.45) is 5.16 Å². The normalized spacial score (nSPS) is 18.0. The molecule has 1 saturated heterocycles. The van der Waals surface area contributed by atoms with E-state index in [0.29, 0.717) is 16.9 Å². The molecular weight excluding hydrogens is 671 g/mol. The van der Waals surface area contributed by atoms with Crippen molar-refractivity contribution in [3.8, 4) is 12.3 Å². The van der Waals surface area contributed by atoms with Crippen molar-refractivity contribution in [1.82, 2.24) is 35.4 Å². The molecule has 45 heavy (non-hydrogen) atoms. The van der Waals surface area contributed by atoms with Crippen molar-refractivity contribution >= 4 is 75.4 Å². The third-order valence-corrected chi connectivity index (χ3v) is 8.83. The van der Waals surface area contributed by atoms with E-state index in [1.54, 1.807) is 5.32 Å². The maximum atomic E-state index is 13.1. The van der Waals surface area contributed by atoms with Gasteiger partial charge in [0.15, 0.2) is 17.5 Å². The first-order valence-corrected chi connectivity index (χ1v) is 15.0. The Hall–Kier alpha value is -4.69. The Balaban J connectivity index is 1.47. The Morgan fingerprint density at radius 1 is 1.29 bits per heavy atom. The van der Waals surface area contributed by atoms with E-state index in [0.717, 1.165) is 33.8 Å². The van der Waals surface area contributed by atoms with Crippen LogP contribution in [-0.4, -0.2) is 111 Å². The molecule has 2 aliphatic heterocycles. The van der Waals surface area contributed by atoms with E-state index in [1.165, 1.54) is 4.68 Å². The second-order valence-electron chi connectivity index (χ2n) is 8.64. The number of hydrogen-bond donors (Lipinski definition) is 4. The van der Waals surface area contributed by atoms with Crippen molar-refractivity contribution < 1.29 is 52.2 Å². The summed E-state index contributed by atoms with van der Waals surface area (Å²) >= 11 is 2.75. The topological polar surface area (TPSA) is 231 Å². The first-order chi connectivity index (χ1) is 21.3. The van der Waals surface area contributed by atoms with Crippen molar-refractivity contribution in [3.05, 3.63) is 22.3 Å². The van der Waals surface area contributed by atoms with Crippen LogP contribution in [0.15, 0.2) is 27.0 Å². The minimum absolute atomic E-state index is 0.0121. The fourth-order valence-electron chi connectivity index (χ4n) is 3.74. The predicted molar refractivity (Wildman–Crippen MR) is 149 cm³/mol. The molecule has 23 heteroatoms. The van der Waals surface area contributed by atoms with Crippen LogP contribution in [-0.2, 0) is 35.4 Å². The Morgan fingerprint density at radius 2 is 2.04 bits per heavy atom. The number of tetrazole rings is 1. The Kier molecular flexibility index (Phi) is 10.3. The maximum Gasteiger partial charge on any atom is 0.471 e. The van der Waals surface area contributed by atoms with Gasteiger partial charge in [-0.2, -0.15) is 13.2 Å². The molecule has 0 saturated carbocycles. The summed E-state index contributed by atoms with van der Waals surface area (Å²) in [6.07, 6.45) is -0.321. The molecule has 3 amide bonds. The number of anilines is 1. The summed E-state index contributed by atoms with van der Waals surface area (Å²) in [7, 11) is 0. The molecule has 4 N–H and O–H groups in total. The van der Waals surface area contributed by atoms with Gasteiger partial charge in [0, 0.05) is 16.9 Å². The number of thiazole rings is 1. The number of amides is 3. The molecular formula is C22H18F3N9O8S3. The molecule has 1 unspecified atom stereocenters. The van der Waals surface area contributed by atoms with Crippen LogP contribution in [0.3, 0.4) is 0 Å². The van der Waals surface area contributed by atoms with Gasteiger partial charge in [0.1, 0.15) is 22.8 Å². The molecule has 0 aromatic carbocycles. The quantitative estimate of drug-likeness (QED) is 0.0541. The van der Waals surface area contributed by atoms with Crippen LogP contribution in [0.1, 0.15) is 12.1 Å². The maximum absolute atomic E-state index is 13.1. The molecule has 17 nitrogen and oxygen atoms in total. The first kappa shape index (κ1) is 33.2. The number of rotatable bonds is 13. The minimum atomic E-state index is -5.19. The van der Waals surface area contributed by atoms with Crippen LogP contribution >= 0.6 is 34.9 Å². The third kappa shape index (κ3) is 7.70. The molecule has 2 aromatic heterocycles. The van der Waals surface area contributed by atoms with Crippen molar-refractivity contribution in [2.75, 3.05) is 23.4 Å². The molecule has 0 bridgehead atoms. The molecule has 2 atom stereocenters. The van der Waals surface area contributed by atoms with Crippen LogP contribution in [0.4, 0.5) is 18.3 Å². The summed E-state index contributed by atoms with van der Waals surface area (Å²) in [6.45, 7) is -0.408. The molecule has 2 aromatic rings. The number of carboxylic acid groups (broad SMARTS) is 2.